The second-order valence-corrected chi connectivity index (χ2v) is 3.21. The first kappa shape index (κ1) is 8.44. The molecule has 70 valence electrons. The normalized spacial score (nSPS) is 14.3. The average Bonchev–Trinajstić information content (AvgIpc) is 2.63. The molecule has 0 fully saturated rings. The van der Waals surface area contributed by atoms with Crippen molar-refractivity contribution in [3.63, 3.8) is 0 Å². The number of anilines is 1. The van der Waals surface area contributed by atoms with Crippen molar-refractivity contribution in [1.82, 2.24) is 10.2 Å². The topological polar surface area (TPSA) is 38.2 Å². The van der Waals surface area contributed by atoms with Crippen LogP contribution in [0.4, 0.5) is 5.82 Å². The van der Waals surface area contributed by atoms with Crippen LogP contribution >= 0.6 is 0 Å². The number of nitrogens with zero attached hydrogens (tertiary/aromatic N) is 3. The van der Waals surface area contributed by atoms with Crippen LogP contribution in [-0.4, -0.2) is 24.4 Å². The predicted octanol–water partition coefficient (Wildman–Crippen LogP) is 0.963. The fourth-order valence-electron chi connectivity index (χ4n) is 1.56. The van der Waals surface area contributed by atoms with Crippen molar-refractivity contribution in [2.45, 2.75) is 19.3 Å². The zero-order valence-electron chi connectivity index (χ0n) is 7.95. The van der Waals surface area contributed by atoms with E-state index in [0.717, 1.165) is 24.4 Å². The molecule has 1 aliphatic carbocycles. The molecule has 0 radical (unpaired) electrons. The van der Waals surface area contributed by atoms with Crippen LogP contribution in [0.15, 0.2) is 6.07 Å². The van der Waals surface area contributed by atoms with Crippen LogP contribution in [0.5, 0.6) is 0 Å². The third-order valence-electron chi connectivity index (χ3n) is 2.40. The van der Waals surface area contributed by atoms with E-state index in [1.165, 1.54) is 12.0 Å². The van der Waals surface area contributed by atoms with Gasteiger partial charge < -0.3 is 0 Å². The van der Waals surface area contributed by atoms with Gasteiger partial charge in [0.1, 0.15) is 0 Å². The van der Waals surface area contributed by atoms with Gasteiger partial charge in [-0.2, -0.15) is 5.10 Å². The standard InChI is InChI=1S/C9H13N3O/c1-12(13-2)9-6-7-4-3-5-8(7)10-11-9/h6H,3-5H2,1-2H3. The van der Waals surface area contributed by atoms with Gasteiger partial charge in [-0.15, -0.1) is 5.10 Å². The third-order valence-corrected chi connectivity index (χ3v) is 2.40. The molecule has 0 aromatic carbocycles. The summed E-state index contributed by atoms with van der Waals surface area (Å²) in [5.74, 6) is 0.781. The Morgan fingerprint density at radius 3 is 3.00 bits per heavy atom. The third kappa shape index (κ3) is 1.49. The molecular weight excluding hydrogens is 166 g/mol. The Labute approximate surface area is 77.5 Å². The van der Waals surface area contributed by atoms with E-state index >= 15 is 0 Å². The van der Waals surface area contributed by atoms with Crippen LogP contribution in [0.3, 0.4) is 0 Å². The van der Waals surface area contributed by atoms with Gasteiger partial charge in [0.15, 0.2) is 5.82 Å². The van der Waals surface area contributed by atoms with Gasteiger partial charge in [0, 0.05) is 7.05 Å². The fourth-order valence-corrected chi connectivity index (χ4v) is 1.56. The van der Waals surface area contributed by atoms with Crippen molar-refractivity contribution >= 4 is 5.82 Å². The Balaban J connectivity index is 2.30. The predicted molar refractivity (Wildman–Crippen MR) is 49.5 cm³/mol. The average molecular weight is 179 g/mol. The molecule has 1 aromatic heterocycles. The lowest BCUT2D eigenvalue weighted by atomic mass is 10.2. The monoisotopic (exact) mass is 179 g/mol. The summed E-state index contributed by atoms with van der Waals surface area (Å²) in [7, 11) is 3.44. The molecule has 0 unspecified atom stereocenters. The summed E-state index contributed by atoms with van der Waals surface area (Å²) in [5, 5.41) is 9.85. The van der Waals surface area contributed by atoms with E-state index in [-0.39, 0.29) is 0 Å². The molecule has 1 aromatic rings. The summed E-state index contributed by atoms with van der Waals surface area (Å²) in [4.78, 5) is 5.03. The number of aromatic nitrogens is 2. The molecule has 0 saturated carbocycles. The van der Waals surface area contributed by atoms with Crippen molar-refractivity contribution in [2.24, 2.45) is 0 Å². The summed E-state index contributed by atoms with van der Waals surface area (Å²) in [6, 6.07) is 2.05. The molecule has 0 amide bonds. The molecular formula is C9H13N3O. The quantitative estimate of drug-likeness (QED) is 0.634. The number of hydroxylamine groups is 1. The Bertz CT molecular complexity index is 314. The largest absolute Gasteiger partial charge is 0.276 e. The van der Waals surface area contributed by atoms with Gasteiger partial charge in [-0.25, -0.2) is 5.06 Å². The Kier molecular flexibility index (Phi) is 2.14. The van der Waals surface area contributed by atoms with Crippen molar-refractivity contribution in [2.75, 3.05) is 19.2 Å². The maximum Gasteiger partial charge on any atom is 0.174 e. The van der Waals surface area contributed by atoms with Crippen LogP contribution in [0, 0.1) is 0 Å². The number of aryl methyl sites for hydroxylation is 2. The van der Waals surface area contributed by atoms with E-state index in [4.69, 9.17) is 4.84 Å². The molecule has 0 spiro atoms. The van der Waals surface area contributed by atoms with Crippen LogP contribution in [-0.2, 0) is 17.7 Å². The van der Waals surface area contributed by atoms with Crippen molar-refractivity contribution in [3.8, 4) is 0 Å². The highest BCUT2D eigenvalue weighted by molar-refractivity contribution is 5.39. The molecule has 2 rings (SSSR count). The summed E-state index contributed by atoms with van der Waals surface area (Å²) in [6.45, 7) is 0. The van der Waals surface area contributed by atoms with Gasteiger partial charge >= 0.3 is 0 Å². The summed E-state index contributed by atoms with van der Waals surface area (Å²) in [5.41, 5.74) is 2.46. The molecule has 0 N–H and O–H groups in total. The fraction of sp³-hybridized carbons (Fsp3) is 0.556. The number of fused-ring (bicyclic) bond motifs is 1. The van der Waals surface area contributed by atoms with E-state index < -0.39 is 0 Å². The number of rotatable bonds is 2. The zero-order chi connectivity index (χ0) is 9.26. The van der Waals surface area contributed by atoms with E-state index in [9.17, 15) is 0 Å². The molecule has 0 atom stereocenters. The summed E-state index contributed by atoms with van der Waals surface area (Å²) in [6.07, 6.45) is 3.39. The van der Waals surface area contributed by atoms with Crippen LogP contribution in [0.25, 0.3) is 0 Å². The van der Waals surface area contributed by atoms with E-state index in [1.807, 2.05) is 7.05 Å². The van der Waals surface area contributed by atoms with Gasteiger partial charge in [-0.1, -0.05) is 0 Å². The molecule has 13 heavy (non-hydrogen) atoms. The van der Waals surface area contributed by atoms with Crippen LogP contribution in [0.2, 0.25) is 0 Å². The van der Waals surface area contributed by atoms with Crippen molar-refractivity contribution in [3.05, 3.63) is 17.3 Å². The number of hydrogen-bond acceptors (Lipinski definition) is 4. The van der Waals surface area contributed by atoms with Crippen molar-refractivity contribution in [1.29, 1.82) is 0 Å². The van der Waals surface area contributed by atoms with Gasteiger partial charge in [0.2, 0.25) is 0 Å². The van der Waals surface area contributed by atoms with E-state index in [2.05, 4.69) is 16.3 Å². The first-order valence-corrected chi connectivity index (χ1v) is 4.44. The van der Waals surface area contributed by atoms with Gasteiger partial charge in [-0.05, 0) is 30.9 Å². The summed E-state index contributed by atoms with van der Waals surface area (Å²) < 4.78 is 0. The minimum Gasteiger partial charge on any atom is -0.276 e. The maximum absolute atomic E-state index is 5.03. The molecule has 0 bridgehead atoms. The first-order chi connectivity index (χ1) is 6.31. The Morgan fingerprint density at radius 2 is 2.23 bits per heavy atom. The second kappa shape index (κ2) is 3.30. The highest BCUT2D eigenvalue weighted by Gasteiger charge is 2.14. The molecule has 1 aliphatic rings. The lowest BCUT2D eigenvalue weighted by molar-refractivity contribution is 0.182. The summed E-state index contributed by atoms with van der Waals surface area (Å²) >= 11 is 0. The lowest BCUT2D eigenvalue weighted by Gasteiger charge is -2.14. The molecule has 4 nitrogen and oxygen atoms in total. The zero-order valence-corrected chi connectivity index (χ0v) is 7.95. The smallest absolute Gasteiger partial charge is 0.174 e. The van der Waals surface area contributed by atoms with Gasteiger partial charge in [0.05, 0.1) is 12.8 Å². The number of hydrogen-bond donors (Lipinski definition) is 0. The van der Waals surface area contributed by atoms with E-state index in [0.29, 0.717) is 0 Å². The van der Waals surface area contributed by atoms with Crippen molar-refractivity contribution < 1.29 is 4.84 Å². The van der Waals surface area contributed by atoms with E-state index in [1.54, 1.807) is 12.2 Å². The van der Waals surface area contributed by atoms with Gasteiger partial charge in [-0.3, -0.25) is 4.84 Å². The SMILES string of the molecule is CON(C)c1cc2c(nn1)CCC2. The molecule has 1 heterocycles. The minimum absolute atomic E-state index is 0.781. The highest BCUT2D eigenvalue weighted by atomic mass is 16.7. The Morgan fingerprint density at radius 1 is 1.38 bits per heavy atom. The molecule has 0 saturated heterocycles. The Hall–Kier alpha value is -1.16. The highest BCUT2D eigenvalue weighted by Crippen LogP contribution is 2.21. The second-order valence-electron chi connectivity index (χ2n) is 3.21. The molecule has 0 aliphatic heterocycles. The van der Waals surface area contributed by atoms with Crippen LogP contribution in [0.1, 0.15) is 17.7 Å². The molecule has 4 heteroatoms. The van der Waals surface area contributed by atoms with Crippen LogP contribution < -0.4 is 5.06 Å². The lowest BCUT2D eigenvalue weighted by Crippen LogP contribution is -2.17. The maximum atomic E-state index is 5.03. The minimum atomic E-state index is 0.781. The van der Waals surface area contributed by atoms with Gasteiger partial charge in [0.25, 0.3) is 0 Å². The first-order valence-electron chi connectivity index (χ1n) is 4.44.